The van der Waals surface area contributed by atoms with Gasteiger partial charge in [0.25, 0.3) is 5.91 Å². The predicted molar refractivity (Wildman–Crippen MR) is 115 cm³/mol. The Hall–Kier alpha value is -3.66. The van der Waals surface area contributed by atoms with Crippen LogP contribution >= 0.6 is 0 Å². The van der Waals surface area contributed by atoms with Gasteiger partial charge in [0.15, 0.2) is 0 Å². The summed E-state index contributed by atoms with van der Waals surface area (Å²) < 4.78 is 5.82. The highest BCUT2D eigenvalue weighted by Crippen LogP contribution is 2.16. The smallest absolute Gasteiger partial charge is 0.251 e. The van der Waals surface area contributed by atoms with Crippen molar-refractivity contribution >= 4 is 16.8 Å². The van der Waals surface area contributed by atoms with Gasteiger partial charge in [0.05, 0.1) is 11.2 Å². The van der Waals surface area contributed by atoms with E-state index < -0.39 is 0 Å². The topological polar surface area (TPSA) is 51.2 Å². The molecule has 1 heterocycles. The van der Waals surface area contributed by atoms with E-state index in [0.717, 1.165) is 23.0 Å². The molecule has 1 amide bonds. The van der Waals surface area contributed by atoms with Crippen LogP contribution in [0.4, 0.5) is 0 Å². The second kappa shape index (κ2) is 9.02. The number of benzene rings is 3. The number of hydrogen-bond donors (Lipinski definition) is 1. The van der Waals surface area contributed by atoms with E-state index in [0.29, 0.717) is 24.5 Å². The molecule has 1 aromatic heterocycles. The number of ether oxygens (including phenoxy) is 1. The molecule has 4 nitrogen and oxygen atoms in total. The number of fused-ring (bicyclic) bond motifs is 1. The summed E-state index contributed by atoms with van der Waals surface area (Å²) in [7, 11) is 0. The van der Waals surface area contributed by atoms with E-state index in [2.05, 4.69) is 22.4 Å². The fraction of sp³-hybridized carbons (Fsp3) is 0.120. The van der Waals surface area contributed by atoms with Crippen molar-refractivity contribution in [2.45, 2.75) is 13.0 Å². The molecule has 0 unspecified atom stereocenters. The quantitative estimate of drug-likeness (QED) is 0.500. The second-order valence-corrected chi connectivity index (χ2v) is 6.80. The van der Waals surface area contributed by atoms with Gasteiger partial charge in [-0.25, -0.2) is 4.98 Å². The maximum atomic E-state index is 12.3. The lowest BCUT2D eigenvalue weighted by atomic mass is 10.1. The van der Waals surface area contributed by atoms with Crippen molar-refractivity contribution in [1.29, 1.82) is 0 Å². The van der Waals surface area contributed by atoms with E-state index in [1.807, 2.05) is 66.7 Å². The van der Waals surface area contributed by atoms with Gasteiger partial charge in [-0.2, -0.15) is 0 Å². The van der Waals surface area contributed by atoms with Crippen molar-refractivity contribution in [2.24, 2.45) is 0 Å². The molecule has 4 rings (SSSR count). The lowest BCUT2D eigenvalue weighted by Gasteiger charge is -2.08. The number of para-hydroxylation sites is 1. The zero-order chi connectivity index (χ0) is 19.9. The maximum absolute atomic E-state index is 12.3. The molecule has 1 N–H and O–H groups in total. The number of aromatic nitrogens is 1. The monoisotopic (exact) mass is 382 g/mol. The minimum absolute atomic E-state index is 0.0799. The second-order valence-electron chi connectivity index (χ2n) is 6.80. The van der Waals surface area contributed by atoms with Crippen LogP contribution in [0.2, 0.25) is 0 Å². The summed E-state index contributed by atoms with van der Waals surface area (Å²) in [4.78, 5) is 16.9. The number of carbonyl (C=O) groups excluding carboxylic acids is 1. The SMILES string of the molecule is O=C(NCCc1ccccc1)c1ccc(OCc2ccc3ccccc3n2)cc1. The number of carbonyl (C=O) groups is 1. The first kappa shape index (κ1) is 18.7. The molecule has 0 spiro atoms. The average Bonchev–Trinajstić information content (AvgIpc) is 2.78. The van der Waals surface area contributed by atoms with Crippen LogP contribution in [-0.2, 0) is 13.0 Å². The fourth-order valence-electron chi connectivity index (χ4n) is 3.12. The van der Waals surface area contributed by atoms with E-state index in [9.17, 15) is 4.79 Å². The maximum Gasteiger partial charge on any atom is 0.251 e. The zero-order valence-electron chi connectivity index (χ0n) is 16.0. The van der Waals surface area contributed by atoms with Gasteiger partial charge in [0.1, 0.15) is 12.4 Å². The summed E-state index contributed by atoms with van der Waals surface area (Å²) in [5.41, 5.74) is 3.65. The fourth-order valence-corrected chi connectivity index (χ4v) is 3.12. The van der Waals surface area contributed by atoms with Crippen LogP contribution < -0.4 is 10.1 Å². The Kier molecular flexibility index (Phi) is 5.81. The number of rotatable bonds is 7. The molecule has 0 bridgehead atoms. The van der Waals surface area contributed by atoms with Crippen LogP contribution in [0.25, 0.3) is 10.9 Å². The standard InChI is InChI=1S/C25H22N2O2/c28-25(26-17-16-19-6-2-1-3-7-19)21-11-14-23(15-12-21)29-18-22-13-10-20-8-4-5-9-24(20)27-22/h1-15H,16-18H2,(H,26,28). The van der Waals surface area contributed by atoms with Crippen LogP contribution in [0.1, 0.15) is 21.6 Å². The molecular formula is C25H22N2O2. The van der Waals surface area contributed by atoms with Crippen molar-refractivity contribution < 1.29 is 9.53 Å². The Bertz CT molecular complexity index is 1090. The summed E-state index contributed by atoms with van der Waals surface area (Å²) in [6.45, 7) is 0.988. The van der Waals surface area contributed by atoms with Crippen molar-refractivity contribution in [3.63, 3.8) is 0 Å². The van der Waals surface area contributed by atoms with Gasteiger partial charge in [-0.1, -0.05) is 54.6 Å². The Balaban J connectivity index is 1.29. The molecule has 0 radical (unpaired) electrons. The van der Waals surface area contributed by atoms with Gasteiger partial charge in [-0.05, 0) is 48.4 Å². The van der Waals surface area contributed by atoms with Crippen molar-refractivity contribution in [3.05, 3.63) is 108 Å². The largest absolute Gasteiger partial charge is 0.487 e. The normalized spacial score (nSPS) is 10.6. The van der Waals surface area contributed by atoms with Crippen molar-refractivity contribution in [1.82, 2.24) is 10.3 Å². The minimum Gasteiger partial charge on any atom is -0.487 e. The zero-order valence-corrected chi connectivity index (χ0v) is 16.0. The van der Waals surface area contributed by atoms with Crippen LogP contribution in [0.15, 0.2) is 91.0 Å². The number of nitrogens with zero attached hydrogens (tertiary/aromatic N) is 1. The number of hydrogen-bond acceptors (Lipinski definition) is 3. The molecule has 0 atom stereocenters. The summed E-state index contributed by atoms with van der Waals surface area (Å²) >= 11 is 0. The molecular weight excluding hydrogens is 360 g/mol. The molecule has 0 saturated carbocycles. The Morgan fingerprint density at radius 3 is 2.41 bits per heavy atom. The lowest BCUT2D eigenvalue weighted by Crippen LogP contribution is -2.25. The van der Waals surface area contributed by atoms with Crippen LogP contribution in [0.5, 0.6) is 5.75 Å². The van der Waals surface area contributed by atoms with Gasteiger partial charge in [0.2, 0.25) is 0 Å². The van der Waals surface area contributed by atoms with Gasteiger partial charge in [0, 0.05) is 17.5 Å². The third-order valence-electron chi connectivity index (χ3n) is 4.70. The highest BCUT2D eigenvalue weighted by molar-refractivity contribution is 5.94. The molecule has 0 fully saturated rings. The molecule has 144 valence electrons. The van der Waals surface area contributed by atoms with Gasteiger partial charge < -0.3 is 10.1 Å². The van der Waals surface area contributed by atoms with E-state index in [4.69, 9.17) is 4.74 Å². The van der Waals surface area contributed by atoms with Crippen molar-refractivity contribution in [2.75, 3.05) is 6.54 Å². The highest BCUT2D eigenvalue weighted by atomic mass is 16.5. The van der Waals surface area contributed by atoms with Crippen LogP contribution in [0.3, 0.4) is 0 Å². The number of amides is 1. The van der Waals surface area contributed by atoms with Gasteiger partial charge >= 0.3 is 0 Å². The van der Waals surface area contributed by atoms with Gasteiger partial charge in [-0.3, -0.25) is 4.79 Å². The van der Waals surface area contributed by atoms with E-state index in [-0.39, 0.29) is 5.91 Å². The molecule has 3 aromatic carbocycles. The summed E-state index contributed by atoms with van der Waals surface area (Å²) in [6.07, 6.45) is 0.812. The van der Waals surface area contributed by atoms with Crippen molar-refractivity contribution in [3.8, 4) is 5.75 Å². The van der Waals surface area contributed by atoms with Crippen LogP contribution in [-0.4, -0.2) is 17.4 Å². The average molecular weight is 382 g/mol. The summed E-state index contributed by atoms with van der Waals surface area (Å²) in [5, 5.41) is 4.06. The highest BCUT2D eigenvalue weighted by Gasteiger charge is 2.06. The predicted octanol–water partition coefficient (Wildman–Crippen LogP) is 4.79. The van der Waals surface area contributed by atoms with Crippen LogP contribution in [0, 0.1) is 0 Å². The Labute approximate surface area is 170 Å². The first-order chi connectivity index (χ1) is 14.3. The Morgan fingerprint density at radius 2 is 1.59 bits per heavy atom. The third kappa shape index (κ3) is 4.99. The first-order valence-electron chi connectivity index (χ1n) is 9.67. The lowest BCUT2D eigenvalue weighted by molar-refractivity contribution is 0.0954. The molecule has 4 heteroatoms. The summed E-state index contributed by atoms with van der Waals surface area (Å²) in [5.74, 6) is 0.629. The molecule has 0 aliphatic rings. The third-order valence-corrected chi connectivity index (χ3v) is 4.70. The minimum atomic E-state index is -0.0799. The first-order valence-corrected chi connectivity index (χ1v) is 9.67. The molecule has 4 aromatic rings. The van der Waals surface area contributed by atoms with Gasteiger partial charge in [-0.15, -0.1) is 0 Å². The van der Waals surface area contributed by atoms with E-state index in [1.165, 1.54) is 5.56 Å². The molecule has 29 heavy (non-hydrogen) atoms. The number of nitrogens with one attached hydrogen (secondary N) is 1. The van der Waals surface area contributed by atoms with E-state index >= 15 is 0 Å². The van der Waals surface area contributed by atoms with E-state index in [1.54, 1.807) is 12.1 Å². The number of pyridine rings is 1. The summed E-state index contributed by atoms with van der Waals surface area (Å²) in [6, 6.07) is 29.3. The molecule has 0 saturated heterocycles. The molecule has 0 aliphatic heterocycles. The Morgan fingerprint density at radius 1 is 0.828 bits per heavy atom. The molecule has 0 aliphatic carbocycles.